The van der Waals surface area contributed by atoms with Crippen LogP contribution in [-0.2, 0) is 0 Å². The molecular formula is C23H29B. The van der Waals surface area contributed by atoms with Crippen molar-refractivity contribution in [1.29, 1.82) is 0 Å². The monoisotopic (exact) mass is 316 g/mol. The zero-order valence-electron chi connectivity index (χ0n) is 15.1. The van der Waals surface area contributed by atoms with E-state index in [2.05, 4.69) is 75.5 Å². The van der Waals surface area contributed by atoms with Crippen LogP contribution in [0.1, 0.15) is 25.3 Å². The van der Waals surface area contributed by atoms with Gasteiger partial charge in [0.1, 0.15) is 0 Å². The average molecular weight is 316 g/mol. The molecule has 0 nitrogen and oxygen atoms in total. The fourth-order valence-corrected chi connectivity index (χ4v) is 2.62. The van der Waals surface area contributed by atoms with Crippen LogP contribution in [0.3, 0.4) is 0 Å². The van der Waals surface area contributed by atoms with Crippen molar-refractivity contribution < 1.29 is 0 Å². The van der Waals surface area contributed by atoms with Crippen LogP contribution >= 0.6 is 0 Å². The molecule has 0 saturated carbocycles. The molecule has 0 atom stereocenters. The van der Waals surface area contributed by atoms with Crippen molar-refractivity contribution in [3.8, 4) is 0 Å². The van der Waals surface area contributed by atoms with Crippen LogP contribution in [0.5, 0.6) is 0 Å². The maximum absolute atomic E-state index is 3.92. The van der Waals surface area contributed by atoms with Gasteiger partial charge in [0.05, 0.1) is 0 Å². The predicted molar refractivity (Wildman–Crippen MR) is 111 cm³/mol. The Kier molecular flexibility index (Phi) is 10.0. The molecule has 0 fully saturated rings. The lowest BCUT2D eigenvalue weighted by Gasteiger charge is -2.14. The molecule has 0 aliphatic carbocycles. The van der Waals surface area contributed by atoms with Crippen LogP contribution < -0.4 is 5.46 Å². The standard InChI is InChI=1S/C16H21B.C7H8/c1-4-7-14-17(15(6-3)11-5-2)16-12-9-8-10-13-16;1-7-5-3-2-4-6-7/h5-6,8-13H,2-4,7,14H2,1H3;2-6H,1H3/b15-11+;. The molecule has 2 aromatic rings. The normalized spacial score (nSPS) is 10.3. The smallest absolute Gasteiger partial charge is 0.0996 e. The van der Waals surface area contributed by atoms with Gasteiger partial charge in [0, 0.05) is 0 Å². The van der Waals surface area contributed by atoms with Crippen LogP contribution in [0.25, 0.3) is 0 Å². The van der Waals surface area contributed by atoms with Gasteiger partial charge in [0.2, 0.25) is 6.71 Å². The number of hydrogen-bond donors (Lipinski definition) is 0. The Hall–Kier alpha value is -2.28. The molecule has 2 rings (SSSR count). The summed E-state index contributed by atoms with van der Waals surface area (Å²) in [4.78, 5) is 0. The lowest BCUT2D eigenvalue weighted by atomic mass is 9.37. The molecule has 0 saturated heterocycles. The predicted octanol–water partition coefficient (Wildman–Crippen LogP) is 6.02. The molecule has 0 bridgehead atoms. The first-order valence-corrected chi connectivity index (χ1v) is 8.74. The third-order valence-corrected chi connectivity index (χ3v) is 3.94. The number of aryl methyl sites for hydroxylation is 1. The van der Waals surface area contributed by atoms with Crippen molar-refractivity contribution in [2.24, 2.45) is 0 Å². The van der Waals surface area contributed by atoms with Crippen molar-refractivity contribution >= 4 is 12.2 Å². The van der Waals surface area contributed by atoms with E-state index in [9.17, 15) is 0 Å². The molecule has 1 heteroatoms. The van der Waals surface area contributed by atoms with Crippen LogP contribution in [0.4, 0.5) is 0 Å². The summed E-state index contributed by atoms with van der Waals surface area (Å²) in [6.07, 6.45) is 9.50. The van der Waals surface area contributed by atoms with Gasteiger partial charge in [-0.25, -0.2) is 0 Å². The van der Waals surface area contributed by atoms with Crippen LogP contribution in [-0.4, -0.2) is 6.71 Å². The summed E-state index contributed by atoms with van der Waals surface area (Å²) in [7, 11) is 0. The minimum atomic E-state index is 0.451. The minimum Gasteiger partial charge on any atom is -0.0996 e. The van der Waals surface area contributed by atoms with Gasteiger partial charge in [0.15, 0.2) is 0 Å². The first-order valence-electron chi connectivity index (χ1n) is 8.74. The van der Waals surface area contributed by atoms with E-state index in [0.717, 1.165) is 0 Å². The number of allylic oxidation sites excluding steroid dienone is 4. The molecule has 0 aromatic heterocycles. The fourth-order valence-electron chi connectivity index (χ4n) is 2.62. The first kappa shape index (κ1) is 19.8. The molecule has 2 aromatic carbocycles. The van der Waals surface area contributed by atoms with E-state index in [1.165, 1.54) is 35.7 Å². The maximum Gasteiger partial charge on any atom is 0.209 e. The van der Waals surface area contributed by atoms with E-state index >= 15 is 0 Å². The molecule has 0 amide bonds. The Morgan fingerprint density at radius 3 is 1.96 bits per heavy atom. The quantitative estimate of drug-likeness (QED) is 0.433. The zero-order valence-corrected chi connectivity index (χ0v) is 15.1. The Bertz CT molecular complexity index is 611. The SMILES string of the molecule is C=C/C=C(\C=C)B(CCCC)c1ccccc1.Cc1ccccc1. The molecule has 0 N–H and O–H groups in total. The molecule has 124 valence electrons. The number of unbranched alkanes of at least 4 members (excludes halogenated alkanes) is 1. The summed E-state index contributed by atoms with van der Waals surface area (Å²) >= 11 is 0. The van der Waals surface area contributed by atoms with Gasteiger partial charge in [0.25, 0.3) is 0 Å². The van der Waals surface area contributed by atoms with Crippen molar-refractivity contribution in [3.05, 3.63) is 103 Å². The maximum atomic E-state index is 3.92. The largest absolute Gasteiger partial charge is 0.209 e. The van der Waals surface area contributed by atoms with Gasteiger partial charge in [-0.3, -0.25) is 0 Å². The second kappa shape index (κ2) is 12.2. The fraction of sp³-hybridized carbons (Fsp3) is 0.217. The van der Waals surface area contributed by atoms with Gasteiger partial charge in [-0.1, -0.05) is 135 Å². The zero-order chi connectivity index (χ0) is 17.6. The van der Waals surface area contributed by atoms with Crippen molar-refractivity contribution in [2.45, 2.75) is 33.0 Å². The number of rotatable bonds is 7. The second-order valence-corrected chi connectivity index (χ2v) is 5.87. The van der Waals surface area contributed by atoms with Crippen molar-refractivity contribution in [2.75, 3.05) is 0 Å². The molecule has 0 heterocycles. The summed E-state index contributed by atoms with van der Waals surface area (Å²) in [5.74, 6) is 0. The summed E-state index contributed by atoms with van der Waals surface area (Å²) in [6.45, 7) is 12.5. The highest BCUT2D eigenvalue weighted by molar-refractivity contribution is 6.80. The molecular weight excluding hydrogens is 287 g/mol. The lowest BCUT2D eigenvalue weighted by molar-refractivity contribution is 0.877. The summed E-state index contributed by atoms with van der Waals surface area (Å²) in [5, 5.41) is 0. The average Bonchev–Trinajstić information content (AvgIpc) is 2.63. The van der Waals surface area contributed by atoms with Crippen LogP contribution in [0.2, 0.25) is 6.32 Å². The molecule has 0 aliphatic rings. The molecule has 0 aliphatic heterocycles. The highest BCUT2D eigenvalue weighted by Gasteiger charge is 2.18. The third kappa shape index (κ3) is 7.33. The Morgan fingerprint density at radius 2 is 1.54 bits per heavy atom. The number of hydrogen-bond acceptors (Lipinski definition) is 0. The van der Waals surface area contributed by atoms with Gasteiger partial charge in [-0.05, 0) is 6.92 Å². The van der Waals surface area contributed by atoms with E-state index < -0.39 is 0 Å². The molecule has 24 heavy (non-hydrogen) atoms. The van der Waals surface area contributed by atoms with Gasteiger partial charge in [-0.2, -0.15) is 0 Å². The van der Waals surface area contributed by atoms with E-state index in [1.807, 2.05) is 30.4 Å². The van der Waals surface area contributed by atoms with Crippen LogP contribution in [0.15, 0.2) is 97.5 Å². The summed E-state index contributed by atoms with van der Waals surface area (Å²) < 4.78 is 0. The van der Waals surface area contributed by atoms with Crippen LogP contribution in [0, 0.1) is 6.92 Å². The first-order chi connectivity index (χ1) is 11.7. The van der Waals surface area contributed by atoms with Gasteiger partial charge < -0.3 is 0 Å². The lowest BCUT2D eigenvalue weighted by Crippen LogP contribution is -2.31. The molecule has 0 unspecified atom stereocenters. The van der Waals surface area contributed by atoms with E-state index in [-0.39, 0.29) is 0 Å². The Labute approximate surface area is 148 Å². The topological polar surface area (TPSA) is 0 Å². The third-order valence-electron chi connectivity index (χ3n) is 3.94. The van der Waals surface area contributed by atoms with Crippen molar-refractivity contribution in [3.63, 3.8) is 0 Å². The van der Waals surface area contributed by atoms with E-state index in [1.54, 1.807) is 0 Å². The Balaban J connectivity index is 0.000000341. The van der Waals surface area contributed by atoms with Gasteiger partial charge >= 0.3 is 0 Å². The van der Waals surface area contributed by atoms with Crippen molar-refractivity contribution in [1.82, 2.24) is 0 Å². The second-order valence-electron chi connectivity index (χ2n) is 5.87. The number of benzene rings is 2. The van der Waals surface area contributed by atoms with Gasteiger partial charge in [-0.15, -0.1) is 0 Å². The van der Waals surface area contributed by atoms with E-state index in [4.69, 9.17) is 0 Å². The molecule has 0 spiro atoms. The highest BCUT2D eigenvalue weighted by atomic mass is 13.9. The summed E-state index contributed by atoms with van der Waals surface area (Å²) in [6, 6.07) is 20.9. The highest BCUT2D eigenvalue weighted by Crippen LogP contribution is 2.12. The minimum absolute atomic E-state index is 0.451. The summed E-state index contributed by atoms with van der Waals surface area (Å²) in [5.41, 5.74) is 3.95. The van der Waals surface area contributed by atoms with E-state index in [0.29, 0.717) is 6.71 Å². The Morgan fingerprint density at radius 1 is 0.958 bits per heavy atom. The molecule has 0 radical (unpaired) electrons.